The van der Waals surface area contributed by atoms with Crippen LogP contribution in [0.25, 0.3) is 0 Å². The van der Waals surface area contributed by atoms with Gasteiger partial charge in [0.2, 0.25) is 0 Å². The lowest BCUT2D eigenvalue weighted by molar-refractivity contribution is 0.00951. The normalized spacial score (nSPS) is 34.3. The first-order chi connectivity index (χ1) is 10.0. The molecule has 2 nitrogen and oxygen atoms in total. The van der Waals surface area contributed by atoms with E-state index in [-0.39, 0.29) is 0 Å². The van der Waals surface area contributed by atoms with Gasteiger partial charge < -0.3 is 5.32 Å². The molecular formula is C19H38N2. The molecule has 0 radical (unpaired) electrons. The summed E-state index contributed by atoms with van der Waals surface area (Å²) in [6, 6.07) is 0. The standard InChI is InChI=1S/C19H38N2/c1-5-7-8-9-10-11-14-21-16-19(4,17-12-13-17)20-15-18(21,3)6-2/h17,20H,5-16H2,1-4H3. The summed E-state index contributed by atoms with van der Waals surface area (Å²) in [4.78, 5) is 2.82. The molecule has 0 bridgehead atoms. The minimum atomic E-state index is 0.373. The Morgan fingerprint density at radius 2 is 1.67 bits per heavy atom. The molecule has 124 valence electrons. The van der Waals surface area contributed by atoms with Gasteiger partial charge in [0.25, 0.3) is 0 Å². The summed E-state index contributed by atoms with van der Waals surface area (Å²) in [6.07, 6.45) is 12.6. The van der Waals surface area contributed by atoms with Gasteiger partial charge in [0.05, 0.1) is 0 Å². The number of rotatable bonds is 9. The number of piperazine rings is 1. The van der Waals surface area contributed by atoms with Crippen LogP contribution in [0, 0.1) is 5.92 Å². The predicted molar refractivity (Wildman–Crippen MR) is 92.8 cm³/mol. The molecular weight excluding hydrogens is 256 g/mol. The molecule has 0 aromatic rings. The number of unbranched alkanes of at least 4 members (excludes halogenated alkanes) is 5. The van der Waals surface area contributed by atoms with Crippen LogP contribution < -0.4 is 5.32 Å². The predicted octanol–water partition coefficient (Wildman–Crippen LogP) is 4.59. The molecule has 1 saturated carbocycles. The van der Waals surface area contributed by atoms with E-state index >= 15 is 0 Å². The van der Waals surface area contributed by atoms with Crippen LogP contribution in [0.2, 0.25) is 0 Å². The minimum absolute atomic E-state index is 0.373. The van der Waals surface area contributed by atoms with Crippen LogP contribution >= 0.6 is 0 Å². The van der Waals surface area contributed by atoms with Gasteiger partial charge in [0, 0.05) is 24.2 Å². The third-order valence-corrected chi connectivity index (χ3v) is 6.18. The average molecular weight is 295 g/mol. The lowest BCUT2D eigenvalue weighted by Gasteiger charge is -2.52. The van der Waals surface area contributed by atoms with E-state index < -0.39 is 0 Å². The molecule has 2 fully saturated rings. The molecule has 1 saturated heterocycles. The first-order valence-corrected chi connectivity index (χ1v) is 9.54. The van der Waals surface area contributed by atoms with Crippen LogP contribution in [0.15, 0.2) is 0 Å². The third kappa shape index (κ3) is 4.45. The van der Waals surface area contributed by atoms with Crippen LogP contribution in [0.4, 0.5) is 0 Å². The summed E-state index contributed by atoms with van der Waals surface area (Å²) in [7, 11) is 0. The summed E-state index contributed by atoms with van der Waals surface area (Å²) < 4.78 is 0. The summed E-state index contributed by atoms with van der Waals surface area (Å²) in [6.45, 7) is 13.3. The van der Waals surface area contributed by atoms with E-state index in [0.717, 1.165) is 5.92 Å². The fraction of sp³-hybridized carbons (Fsp3) is 1.00. The van der Waals surface area contributed by atoms with E-state index in [9.17, 15) is 0 Å². The monoisotopic (exact) mass is 294 g/mol. The first-order valence-electron chi connectivity index (χ1n) is 9.54. The van der Waals surface area contributed by atoms with Crippen molar-refractivity contribution in [2.45, 2.75) is 96.6 Å². The van der Waals surface area contributed by atoms with E-state index in [1.54, 1.807) is 0 Å². The molecule has 0 aromatic carbocycles. The molecule has 0 amide bonds. The van der Waals surface area contributed by atoms with Gasteiger partial charge in [-0.2, -0.15) is 0 Å². The van der Waals surface area contributed by atoms with E-state index in [4.69, 9.17) is 0 Å². The highest BCUT2D eigenvalue weighted by Crippen LogP contribution is 2.43. The Balaban J connectivity index is 1.80. The van der Waals surface area contributed by atoms with Gasteiger partial charge in [-0.15, -0.1) is 0 Å². The van der Waals surface area contributed by atoms with Crippen molar-refractivity contribution in [1.82, 2.24) is 10.2 Å². The lowest BCUT2D eigenvalue weighted by atomic mass is 9.84. The Kier molecular flexibility index (Phi) is 6.14. The fourth-order valence-corrected chi connectivity index (χ4v) is 3.92. The largest absolute Gasteiger partial charge is 0.308 e. The van der Waals surface area contributed by atoms with Crippen molar-refractivity contribution in [2.24, 2.45) is 5.92 Å². The minimum Gasteiger partial charge on any atom is -0.308 e. The van der Waals surface area contributed by atoms with Crippen molar-refractivity contribution in [3.05, 3.63) is 0 Å². The fourth-order valence-electron chi connectivity index (χ4n) is 3.92. The molecule has 2 aliphatic rings. The second-order valence-corrected chi connectivity index (χ2v) is 8.09. The maximum absolute atomic E-state index is 3.91. The van der Waals surface area contributed by atoms with Crippen LogP contribution in [0.1, 0.15) is 85.5 Å². The SMILES string of the molecule is CCCCCCCCN1CC(C)(C2CC2)NCC1(C)CC. The van der Waals surface area contributed by atoms with Crippen molar-refractivity contribution < 1.29 is 0 Å². The quantitative estimate of drug-likeness (QED) is 0.626. The zero-order valence-corrected chi connectivity index (χ0v) is 15.0. The molecule has 2 heteroatoms. The first kappa shape index (κ1) is 17.3. The van der Waals surface area contributed by atoms with Crippen molar-refractivity contribution in [1.29, 1.82) is 0 Å². The van der Waals surface area contributed by atoms with Crippen LogP contribution in [-0.2, 0) is 0 Å². The third-order valence-electron chi connectivity index (χ3n) is 6.18. The number of nitrogens with one attached hydrogen (secondary N) is 1. The van der Waals surface area contributed by atoms with Crippen LogP contribution in [0.3, 0.4) is 0 Å². The van der Waals surface area contributed by atoms with E-state index in [2.05, 4.69) is 37.9 Å². The highest BCUT2D eigenvalue weighted by atomic mass is 15.3. The number of hydrogen-bond donors (Lipinski definition) is 1. The van der Waals surface area contributed by atoms with Gasteiger partial charge in [0.15, 0.2) is 0 Å². The van der Waals surface area contributed by atoms with E-state index in [1.807, 2.05) is 0 Å². The maximum atomic E-state index is 3.91. The Morgan fingerprint density at radius 1 is 1.00 bits per heavy atom. The Morgan fingerprint density at radius 3 is 2.29 bits per heavy atom. The lowest BCUT2D eigenvalue weighted by Crippen LogP contribution is -2.68. The Hall–Kier alpha value is -0.0800. The van der Waals surface area contributed by atoms with E-state index in [0.29, 0.717) is 11.1 Å². The van der Waals surface area contributed by atoms with Crippen molar-refractivity contribution in [2.75, 3.05) is 19.6 Å². The van der Waals surface area contributed by atoms with Gasteiger partial charge in [-0.25, -0.2) is 0 Å². The van der Waals surface area contributed by atoms with Crippen LogP contribution in [0.5, 0.6) is 0 Å². The summed E-state index contributed by atoms with van der Waals surface area (Å²) in [5.74, 6) is 0.936. The van der Waals surface area contributed by atoms with Crippen LogP contribution in [-0.4, -0.2) is 35.6 Å². The molecule has 1 aliphatic carbocycles. The number of nitrogens with zero attached hydrogens (tertiary/aromatic N) is 1. The maximum Gasteiger partial charge on any atom is 0.0309 e. The van der Waals surface area contributed by atoms with E-state index in [1.165, 1.54) is 77.4 Å². The molecule has 0 spiro atoms. The zero-order valence-electron chi connectivity index (χ0n) is 15.0. The summed E-state index contributed by atoms with van der Waals surface area (Å²) >= 11 is 0. The summed E-state index contributed by atoms with van der Waals surface area (Å²) in [5, 5.41) is 3.91. The van der Waals surface area contributed by atoms with Gasteiger partial charge >= 0.3 is 0 Å². The average Bonchev–Trinajstić information content (AvgIpc) is 3.31. The zero-order chi connectivity index (χ0) is 15.3. The second-order valence-electron chi connectivity index (χ2n) is 8.09. The molecule has 1 N–H and O–H groups in total. The molecule has 21 heavy (non-hydrogen) atoms. The molecule has 2 rings (SSSR count). The molecule has 2 atom stereocenters. The topological polar surface area (TPSA) is 15.3 Å². The highest BCUT2D eigenvalue weighted by Gasteiger charge is 2.48. The van der Waals surface area contributed by atoms with Gasteiger partial charge in [-0.3, -0.25) is 4.90 Å². The molecule has 1 aliphatic heterocycles. The summed E-state index contributed by atoms with van der Waals surface area (Å²) in [5.41, 5.74) is 0.759. The Labute approximate surface area is 133 Å². The highest BCUT2D eigenvalue weighted by molar-refractivity contribution is 5.07. The Bertz CT molecular complexity index is 313. The number of hydrogen-bond acceptors (Lipinski definition) is 2. The van der Waals surface area contributed by atoms with Gasteiger partial charge in [0.1, 0.15) is 0 Å². The second kappa shape index (κ2) is 7.46. The van der Waals surface area contributed by atoms with Crippen molar-refractivity contribution in [3.63, 3.8) is 0 Å². The van der Waals surface area contributed by atoms with Gasteiger partial charge in [-0.1, -0.05) is 46.0 Å². The molecule has 2 unspecified atom stereocenters. The molecule has 0 aromatic heterocycles. The smallest absolute Gasteiger partial charge is 0.0309 e. The van der Waals surface area contributed by atoms with Crippen molar-refractivity contribution in [3.8, 4) is 0 Å². The van der Waals surface area contributed by atoms with Crippen molar-refractivity contribution >= 4 is 0 Å². The van der Waals surface area contributed by atoms with Gasteiger partial charge in [-0.05, 0) is 52.0 Å². The molecule has 1 heterocycles.